The van der Waals surface area contributed by atoms with Gasteiger partial charge in [-0.05, 0) is 33.6 Å². The molecule has 0 saturated carbocycles. The lowest BCUT2D eigenvalue weighted by molar-refractivity contribution is 0.0102. The third-order valence-electron chi connectivity index (χ3n) is 2.98. The van der Waals surface area contributed by atoms with Crippen molar-refractivity contribution in [2.45, 2.75) is 51.3 Å². The first-order valence-corrected chi connectivity index (χ1v) is 5.69. The molecule has 0 aromatic rings. The number of halogens is 1. The quantitative estimate of drug-likeness (QED) is 0.711. The first-order valence-electron chi connectivity index (χ1n) is 5.69. The van der Waals surface area contributed by atoms with Gasteiger partial charge in [-0.2, -0.15) is 0 Å². The summed E-state index contributed by atoms with van der Waals surface area (Å²) in [6, 6.07) is 0.692. The van der Waals surface area contributed by atoms with Crippen LogP contribution in [0.3, 0.4) is 0 Å². The van der Waals surface area contributed by atoms with Crippen LogP contribution in [-0.2, 0) is 4.74 Å². The summed E-state index contributed by atoms with van der Waals surface area (Å²) in [4.78, 5) is 13.9. The maximum atomic E-state index is 12.0. The summed E-state index contributed by atoms with van der Waals surface area (Å²) in [5.41, 5.74) is -0.388. The summed E-state index contributed by atoms with van der Waals surface area (Å²) in [7, 11) is 0. The topological polar surface area (TPSA) is 41.6 Å². The molecular weight excluding hydrogens is 228 g/mol. The number of piperazine rings is 1. The summed E-state index contributed by atoms with van der Waals surface area (Å²) in [6.07, 6.45) is 2.07. The van der Waals surface area contributed by atoms with Crippen LogP contribution in [0, 0.1) is 0 Å². The molecule has 2 fully saturated rings. The summed E-state index contributed by atoms with van der Waals surface area (Å²) in [5, 5.41) is 3.35. The lowest BCUT2D eigenvalue weighted by Gasteiger charge is -2.36. The Hall–Kier alpha value is -0.480. The van der Waals surface area contributed by atoms with Crippen LogP contribution in [0.15, 0.2) is 0 Å². The number of nitrogens with one attached hydrogen (secondary N) is 1. The highest BCUT2D eigenvalue weighted by Gasteiger charge is 2.41. The fourth-order valence-electron chi connectivity index (χ4n) is 2.39. The number of fused-ring (bicyclic) bond motifs is 2. The predicted octanol–water partition coefficient (Wildman–Crippen LogP) is 1.78. The molecule has 0 aromatic carbocycles. The summed E-state index contributed by atoms with van der Waals surface area (Å²) in [5.74, 6) is 0. The van der Waals surface area contributed by atoms with Crippen molar-refractivity contribution in [1.82, 2.24) is 10.2 Å². The first-order chi connectivity index (χ1) is 6.97. The Morgan fingerprint density at radius 3 is 2.19 bits per heavy atom. The van der Waals surface area contributed by atoms with E-state index in [1.54, 1.807) is 0 Å². The molecule has 2 atom stereocenters. The van der Waals surface area contributed by atoms with Crippen LogP contribution in [0.4, 0.5) is 4.79 Å². The molecule has 2 aliphatic heterocycles. The van der Waals surface area contributed by atoms with E-state index in [0.29, 0.717) is 12.1 Å². The highest BCUT2D eigenvalue weighted by Crippen LogP contribution is 2.28. The average molecular weight is 249 g/mol. The van der Waals surface area contributed by atoms with Gasteiger partial charge in [0.15, 0.2) is 0 Å². The molecule has 0 radical (unpaired) electrons. The van der Waals surface area contributed by atoms with E-state index in [9.17, 15) is 4.79 Å². The van der Waals surface area contributed by atoms with Gasteiger partial charge >= 0.3 is 6.09 Å². The van der Waals surface area contributed by atoms with Crippen molar-refractivity contribution in [2.75, 3.05) is 13.1 Å². The molecule has 2 bridgehead atoms. The molecule has 2 aliphatic rings. The highest BCUT2D eigenvalue weighted by molar-refractivity contribution is 5.85. The number of amides is 1. The smallest absolute Gasteiger partial charge is 0.410 e. The van der Waals surface area contributed by atoms with Crippen molar-refractivity contribution in [1.29, 1.82) is 0 Å². The van der Waals surface area contributed by atoms with Gasteiger partial charge in [0.05, 0.1) is 0 Å². The largest absolute Gasteiger partial charge is 0.444 e. The number of nitrogens with zero attached hydrogens (tertiary/aromatic N) is 1. The van der Waals surface area contributed by atoms with Crippen LogP contribution in [0.2, 0.25) is 0 Å². The van der Waals surface area contributed by atoms with Crippen molar-refractivity contribution < 1.29 is 9.53 Å². The standard InChI is InChI=1S/C11H20N2O2.ClH/c1-11(2,3)15-10(14)13-8-4-5-9(13)7-12-6-8;/h8-9,12H,4-7H2,1-3H3;1H/t8-,9+;. The van der Waals surface area contributed by atoms with Crippen LogP contribution >= 0.6 is 12.4 Å². The van der Waals surface area contributed by atoms with Crippen molar-refractivity contribution in [2.24, 2.45) is 0 Å². The lowest BCUT2D eigenvalue weighted by atomic mass is 10.2. The van der Waals surface area contributed by atoms with Gasteiger partial charge in [-0.3, -0.25) is 4.90 Å². The second kappa shape index (κ2) is 4.80. The van der Waals surface area contributed by atoms with Gasteiger partial charge in [0.25, 0.3) is 0 Å². The van der Waals surface area contributed by atoms with Crippen molar-refractivity contribution in [3.8, 4) is 0 Å². The van der Waals surface area contributed by atoms with E-state index >= 15 is 0 Å². The van der Waals surface area contributed by atoms with Crippen molar-refractivity contribution in [3.05, 3.63) is 0 Å². The maximum absolute atomic E-state index is 12.0. The van der Waals surface area contributed by atoms with E-state index < -0.39 is 0 Å². The number of ether oxygens (including phenoxy) is 1. The number of hydrogen-bond donors (Lipinski definition) is 1. The number of rotatable bonds is 0. The summed E-state index contributed by atoms with van der Waals surface area (Å²) < 4.78 is 5.42. The van der Waals surface area contributed by atoms with E-state index in [1.807, 2.05) is 25.7 Å². The minimum Gasteiger partial charge on any atom is -0.444 e. The predicted molar refractivity (Wildman–Crippen MR) is 65.0 cm³/mol. The van der Waals surface area contributed by atoms with Gasteiger partial charge in [-0.15, -0.1) is 12.4 Å². The van der Waals surface area contributed by atoms with Crippen molar-refractivity contribution in [3.63, 3.8) is 0 Å². The Bertz CT molecular complexity index is 249. The van der Waals surface area contributed by atoms with Crippen LogP contribution in [0.5, 0.6) is 0 Å². The zero-order chi connectivity index (χ0) is 11.1. The Kier molecular flexibility index (Phi) is 4.07. The summed E-state index contributed by atoms with van der Waals surface area (Å²) >= 11 is 0. The normalized spacial score (nSPS) is 28.6. The molecule has 5 heteroatoms. The number of carbonyl (C=O) groups excluding carboxylic acids is 1. The molecule has 0 aliphatic carbocycles. The van der Waals surface area contributed by atoms with Crippen molar-refractivity contribution >= 4 is 18.5 Å². The van der Waals surface area contributed by atoms with E-state index in [-0.39, 0.29) is 24.1 Å². The Morgan fingerprint density at radius 2 is 1.75 bits per heavy atom. The van der Waals surface area contributed by atoms with E-state index in [4.69, 9.17) is 4.74 Å². The Balaban J connectivity index is 0.00000128. The molecule has 2 heterocycles. The Morgan fingerprint density at radius 1 is 1.25 bits per heavy atom. The molecule has 0 unspecified atom stereocenters. The van der Waals surface area contributed by atoms with Gasteiger partial charge in [-0.1, -0.05) is 0 Å². The third kappa shape index (κ3) is 2.80. The van der Waals surface area contributed by atoms with E-state index in [1.165, 1.54) is 0 Å². The second-order valence-electron chi connectivity index (χ2n) is 5.43. The minimum absolute atomic E-state index is 0. The maximum Gasteiger partial charge on any atom is 0.410 e. The fraction of sp³-hybridized carbons (Fsp3) is 0.909. The Labute approximate surface area is 103 Å². The fourth-order valence-corrected chi connectivity index (χ4v) is 2.39. The average Bonchev–Trinajstić information content (AvgIpc) is 2.34. The van der Waals surface area contributed by atoms with Gasteiger partial charge in [0, 0.05) is 25.2 Å². The molecule has 2 saturated heterocycles. The molecule has 16 heavy (non-hydrogen) atoms. The summed E-state index contributed by atoms with van der Waals surface area (Å²) in [6.45, 7) is 7.56. The first kappa shape index (κ1) is 13.6. The molecule has 1 amide bonds. The highest BCUT2D eigenvalue weighted by atomic mass is 35.5. The zero-order valence-corrected chi connectivity index (χ0v) is 11.0. The second-order valence-corrected chi connectivity index (χ2v) is 5.43. The van der Waals surface area contributed by atoms with Gasteiger partial charge < -0.3 is 10.1 Å². The molecule has 0 aromatic heterocycles. The lowest BCUT2D eigenvalue weighted by Crippen LogP contribution is -2.55. The van der Waals surface area contributed by atoms with Crippen LogP contribution < -0.4 is 5.32 Å². The number of carbonyl (C=O) groups is 1. The van der Waals surface area contributed by atoms with E-state index in [0.717, 1.165) is 25.9 Å². The van der Waals surface area contributed by atoms with Gasteiger partial charge in [-0.25, -0.2) is 4.79 Å². The van der Waals surface area contributed by atoms with Crippen LogP contribution in [0.1, 0.15) is 33.6 Å². The molecule has 1 N–H and O–H groups in total. The van der Waals surface area contributed by atoms with Gasteiger partial charge in [0.1, 0.15) is 5.60 Å². The minimum atomic E-state index is -0.388. The number of hydrogen-bond acceptors (Lipinski definition) is 3. The zero-order valence-electron chi connectivity index (χ0n) is 10.2. The molecule has 0 spiro atoms. The molecule has 94 valence electrons. The monoisotopic (exact) mass is 248 g/mol. The third-order valence-corrected chi connectivity index (χ3v) is 2.98. The van der Waals surface area contributed by atoms with Gasteiger partial charge in [0.2, 0.25) is 0 Å². The molecule has 2 rings (SSSR count). The molecular formula is C11H21ClN2O2. The van der Waals surface area contributed by atoms with E-state index in [2.05, 4.69) is 5.32 Å². The van der Waals surface area contributed by atoms with Crippen LogP contribution in [0.25, 0.3) is 0 Å². The molecule has 4 nitrogen and oxygen atoms in total. The van der Waals surface area contributed by atoms with Crippen LogP contribution in [-0.4, -0.2) is 41.8 Å². The SMILES string of the molecule is CC(C)(C)OC(=O)N1[C@@H]2CC[C@H]1CNC2.Cl.